The molecule has 1 aliphatic heterocycles. The lowest BCUT2D eigenvalue weighted by Crippen LogP contribution is -2.37. The Morgan fingerprint density at radius 2 is 1.82 bits per heavy atom. The molecule has 7 nitrogen and oxygen atoms in total. The summed E-state index contributed by atoms with van der Waals surface area (Å²) in [5.41, 5.74) is 1.25. The number of imide groups is 1. The Balaban J connectivity index is 1.56. The summed E-state index contributed by atoms with van der Waals surface area (Å²) in [5, 5.41) is 4.46. The Bertz CT molecular complexity index is 1100. The number of benzene rings is 2. The predicted octanol–water partition coefficient (Wildman–Crippen LogP) is 2.89. The zero-order valence-corrected chi connectivity index (χ0v) is 18.1. The minimum Gasteiger partial charge on any atom is -0.346 e. The standard InChI is InChI=1S/C22H19BClF2N3O4/c23-21(33)28-18(30)2-1-9-29-12-14-10-13(3-8-17(14)19(29)31)11-27-20(32)22(25,26)15-4-6-16(24)7-5-15/h3-8,10H,1-2,9,11-12H2,(H,27,32)(H,28,30,33). The molecule has 1 aliphatic rings. The van der Waals surface area contributed by atoms with Gasteiger partial charge in [0, 0.05) is 42.2 Å². The lowest BCUT2D eigenvalue weighted by molar-refractivity contribution is -0.147. The molecule has 0 saturated heterocycles. The maximum absolute atomic E-state index is 14.4. The van der Waals surface area contributed by atoms with E-state index < -0.39 is 29.1 Å². The fraction of sp³-hybridized carbons (Fsp3) is 0.273. The van der Waals surface area contributed by atoms with Gasteiger partial charge in [0.05, 0.1) is 0 Å². The van der Waals surface area contributed by atoms with Gasteiger partial charge >= 0.3 is 5.92 Å². The van der Waals surface area contributed by atoms with Crippen molar-refractivity contribution >= 4 is 43.0 Å². The summed E-state index contributed by atoms with van der Waals surface area (Å²) in [6.07, 6.45) is 0.365. The molecule has 11 heteroatoms. The van der Waals surface area contributed by atoms with Gasteiger partial charge in [-0.3, -0.25) is 19.2 Å². The minimum atomic E-state index is -3.73. The second-order valence-electron chi connectivity index (χ2n) is 7.50. The van der Waals surface area contributed by atoms with E-state index in [9.17, 15) is 28.0 Å². The quantitative estimate of drug-likeness (QED) is 0.576. The van der Waals surface area contributed by atoms with Crippen LogP contribution in [0.15, 0.2) is 42.5 Å². The van der Waals surface area contributed by atoms with E-state index in [1.165, 1.54) is 12.1 Å². The number of carbonyl (C=O) groups excluding carboxylic acids is 4. The molecule has 4 amide bonds. The highest BCUT2D eigenvalue weighted by molar-refractivity contribution is 6.58. The lowest BCUT2D eigenvalue weighted by Gasteiger charge is -2.16. The van der Waals surface area contributed by atoms with Crippen molar-refractivity contribution in [3.63, 3.8) is 0 Å². The number of alkyl halides is 2. The van der Waals surface area contributed by atoms with Crippen LogP contribution in [0.4, 0.5) is 13.6 Å². The van der Waals surface area contributed by atoms with Gasteiger partial charge in [-0.05, 0) is 35.7 Å². The van der Waals surface area contributed by atoms with Gasteiger partial charge in [-0.1, -0.05) is 35.9 Å². The summed E-state index contributed by atoms with van der Waals surface area (Å²) in [5.74, 6) is -6.85. The molecular formula is C22H19BClF2N3O4. The zero-order chi connectivity index (χ0) is 24.2. The van der Waals surface area contributed by atoms with E-state index in [0.717, 1.165) is 12.1 Å². The molecule has 1 heterocycles. The van der Waals surface area contributed by atoms with Crippen LogP contribution in [0.25, 0.3) is 0 Å². The van der Waals surface area contributed by atoms with Crippen molar-refractivity contribution in [2.75, 3.05) is 6.54 Å². The summed E-state index contributed by atoms with van der Waals surface area (Å²) in [6.45, 7) is 0.435. The van der Waals surface area contributed by atoms with Gasteiger partial charge in [0.25, 0.3) is 11.8 Å². The number of hydrogen-bond donors (Lipinski definition) is 2. The van der Waals surface area contributed by atoms with Gasteiger partial charge in [-0.25, -0.2) is 0 Å². The van der Waals surface area contributed by atoms with E-state index in [4.69, 9.17) is 19.4 Å². The molecule has 33 heavy (non-hydrogen) atoms. The molecule has 0 fully saturated rings. The van der Waals surface area contributed by atoms with Crippen LogP contribution in [0.2, 0.25) is 5.02 Å². The molecule has 0 aromatic heterocycles. The van der Waals surface area contributed by atoms with Gasteiger partial charge in [0.2, 0.25) is 13.8 Å². The monoisotopic (exact) mass is 473 g/mol. The largest absolute Gasteiger partial charge is 0.349 e. The Morgan fingerprint density at radius 3 is 2.48 bits per heavy atom. The molecule has 0 spiro atoms. The van der Waals surface area contributed by atoms with Crippen molar-refractivity contribution in [1.29, 1.82) is 0 Å². The van der Waals surface area contributed by atoms with Crippen LogP contribution < -0.4 is 10.6 Å². The predicted molar refractivity (Wildman–Crippen MR) is 117 cm³/mol. The van der Waals surface area contributed by atoms with Crippen LogP contribution in [-0.4, -0.2) is 42.8 Å². The molecule has 170 valence electrons. The number of carbonyl (C=O) groups is 4. The normalized spacial score (nSPS) is 12.9. The van der Waals surface area contributed by atoms with Crippen molar-refractivity contribution in [2.45, 2.75) is 31.9 Å². The molecular weight excluding hydrogens is 455 g/mol. The van der Waals surface area contributed by atoms with Gasteiger partial charge < -0.3 is 15.5 Å². The summed E-state index contributed by atoms with van der Waals surface area (Å²) in [6, 6.07) is 9.59. The first kappa shape index (κ1) is 24.4. The van der Waals surface area contributed by atoms with Gasteiger partial charge in [-0.15, -0.1) is 0 Å². The molecule has 2 aromatic carbocycles. The highest BCUT2D eigenvalue weighted by atomic mass is 35.5. The van der Waals surface area contributed by atoms with Crippen molar-refractivity contribution in [2.24, 2.45) is 0 Å². The summed E-state index contributed by atoms with van der Waals surface area (Å²) >= 11 is 5.70. The van der Waals surface area contributed by atoms with E-state index >= 15 is 0 Å². The SMILES string of the molecule is [B]C(=O)NC(=O)CCCN1Cc2cc(CNC(=O)C(F)(F)c3ccc(Cl)cc3)ccc2C1=O. The Labute approximate surface area is 194 Å². The number of nitrogens with zero attached hydrogens (tertiary/aromatic N) is 1. The third-order valence-corrected chi connectivity index (χ3v) is 5.34. The maximum Gasteiger partial charge on any atom is 0.349 e. The van der Waals surface area contributed by atoms with Crippen molar-refractivity contribution in [3.8, 4) is 0 Å². The maximum atomic E-state index is 14.4. The number of amides is 4. The first-order valence-corrected chi connectivity index (χ1v) is 10.4. The van der Waals surface area contributed by atoms with Crippen molar-refractivity contribution in [1.82, 2.24) is 15.5 Å². The van der Waals surface area contributed by atoms with Crippen LogP contribution >= 0.6 is 11.6 Å². The van der Waals surface area contributed by atoms with Crippen LogP contribution in [-0.2, 0) is 28.6 Å². The molecule has 0 bridgehead atoms. The Kier molecular flexibility index (Phi) is 7.48. The molecule has 3 rings (SSSR count). The zero-order valence-electron chi connectivity index (χ0n) is 17.4. The second kappa shape index (κ2) is 10.1. The van der Waals surface area contributed by atoms with E-state index in [1.54, 1.807) is 23.1 Å². The van der Waals surface area contributed by atoms with Gasteiger partial charge in [0.1, 0.15) is 0 Å². The first-order chi connectivity index (χ1) is 15.6. The van der Waals surface area contributed by atoms with Crippen LogP contribution in [0.5, 0.6) is 0 Å². The molecule has 0 saturated carbocycles. The lowest BCUT2D eigenvalue weighted by atomic mass is 10.1. The molecule has 2 radical (unpaired) electrons. The Hall–Kier alpha value is -3.27. The van der Waals surface area contributed by atoms with E-state index in [2.05, 4.69) is 5.32 Å². The number of fused-ring (bicyclic) bond motifs is 1. The first-order valence-electron chi connectivity index (χ1n) is 10.0. The molecule has 0 unspecified atom stereocenters. The highest BCUT2D eigenvalue weighted by Crippen LogP contribution is 2.29. The van der Waals surface area contributed by atoms with E-state index in [1.807, 2.05) is 5.32 Å². The summed E-state index contributed by atoms with van der Waals surface area (Å²) in [7, 11) is 4.87. The second-order valence-corrected chi connectivity index (χ2v) is 7.93. The van der Waals surface area contributed by atoms with Crippen molar-refractivity contribution < 1.29 is 28.0 Å². The number of nitrogens with one attached hydrogen (secondary N) is 2. The fourth-order valence-electron chi connectivity index (χ4n) is 3.44. The Morgan fingerprint density at radius 1 is 1.12 bits per heavy atom. The highest BCUT2D eigenvalue weighted by Gasteiger charge is 2.40. The van der Waals surface area contributed by atoms with E-state index in [-0.39, 0.29) is 30.4 Å². The van der Waals surface area contributed by atoms with Gasteiger partial charge in [0.15, 0.2) is 5.81 Å². The average Bonchev–Trinajstić information content (AvgIpc) is 3.06. The third-order valence-electron chi connectivity index (χ3n) is 5.09. The third kappa shape index (κ3) is 5.95. The molecule has 0 aliphatic carbocycles. The number of rotatable bonds is 8. The van der Waals surface area contributed by atoms with Gasteiger partial charge in [-0.2, -0.15) is 8.78 Å². The minimum absolute atomic E-state index is 0.0299. The summed E-state index contributed by atoms with van der Waals surface area (Å²) < 4.78 is 28.8. The smallest absolute Gasteiger partial charge is 0.346 e. The molecule has 2 aromatic rings. The van der Waals surface area contributed by atoms with Crippen LogP contribution in [0.1, 0.15) is 39.9 Å². The number of hydrogen-bond acceptors (Lipinski definition) is 4. The van der Waals surface area contributed by atoms with Crippen LogP contribution in [0.3, 0.4) is 0 Å². The fourth-order valence-corrected chi connectivity index (χ4v) is 3.56. The van der Waals surface area contributed by atoms with E-state index in [0.29, 0.717) is 29.7 Å². The molecule has 2 N–H and O–H groups in total. The molecule has 0 atom stereocenters. The summed E-state index contributed by atoms with van der Waals surface area (Å²) in [4.78, 5) is 48.3. The van der Waals surface area contributed by atoms with Crippen molar-refractivity contribution in [3.05, 3.63) is 69.7 Å². The number of halogens is 3. The van der Waals surface area contributed by atoms with Crippen LogP contribution in [0, 0.1) is 0 Å². The average molecular weight is 474 g/mol. The topological polar surface area (TPSA) is 95.6 Å².